The van der Waals surface area contributed by atoms with Crippen LogP contribution in [0.15, 0.2) is 34.8 Å². The third-order valence-electron chi connectivity index (χ3n) is 3.27. The topological polar surface area (TPSA) is 47.9 Å². The monoisotopic (exact) mass is 354 g/mol. The maximum absolute atomic E-state index is 14.1. The van der Waals surface area contributed by atoms with Gasteiger partial charge in [0, 0.05) is 5.56 Å². The van der Waals surface area contributed by atoms with E-state index in [1.165, 1.54) is 13.2 Å². The Labute approximate surface area is 129 Å². The normalized spacial score (nSPS) is 14.1. The standard InChI is InChI=1S/C15H12BrFO4/c1-19-11-5-8(6-12-15(11)21-7-20-12)14(18)9-3-2-4-10(16)13(9)17/h2-6,14,18H,7H2,1H3. The highest BCUT2D eigenvalue weighted by Gasteiger charge is 2.24. The predicted molar refractivity (Wildman–Crippen MR) is 77.3 cm³/mol. The summed E-state index contributed by atoms with van der Waals surface area (Å²) >= 11 is 3.11. The van der Waals surface area contributed by atoms with Crippen LogP contribution >= 0.6 is 15.9 Å². The third kappa shape index (κ3) is 2.45. The molecule has 1 aliphatic rings. The van der Waals surface area contributed by atoms with Crippen LogP contribution in [0.4, 0.5) is 4.39 Å². The molecule has 1 atom stereocenters. The molecule has 0 bridgehead atoms. The van der Waals surface area contributed by atoms with Gasteiger partial charge >= 0.3 is 0 Å². The highest BCUT2D eigenvalue weighted by molar-refractivity contribution is 9.10. The quantitative estimate of drug-likeness (QED) is 0.917. The van der Waals surface area contributed by atoms with Crippen molar-refractivity contribution in [3.05, 3.63) is 51.7 Å². The summed E-state index contributed by atoms with van der Waals surface area (Å²) < 4.78 is 30.2. The van der Waals surface area contributed by atoms with Crippen LogP contribution in [0, 0.1) is 5.82 Å². The van der Waals surface area contributed by atoms with Crippen LogP contribution in [0.25, 0.3) is 0 Å². The molecule has 2 aromatic rings. The number of aliphatic hydroxyl groups is 1. The van der Waals surface area contributed by atoms with Crippen LogP contribution in [0.3, 0.4) is 0 Å². The SMILES string of the molecule is COc1cc(C(O)c2cccc(Br)c2F)cc2c1OCO2. The Morgan fingerprint density at radius 1 is 1.33 bits per heavy atom. The zero-order valence-electron chi connectivity index (χ0n) is 11.1. The van der Waals surface area contributed by atoms with Crippen molar-refractivity contribution in [3.63, 3.8) is 0 Å². The van der Waals surface area contributed by atoms with Gasteiger partial charge < -0.3 is 19.3 Å². The van der Waals surface area contributed by atoms with E-state index in [1.807, 2.05) is 0 Å². The van der Waals surface area contributed by atoms with E-state index >= 15 is 0 Å². The van der Waals surface area contributed by atoms with Crippen LogP contribution < -0.4 is 14.2 Å². The third-order valence-corrected chi connectivity index (χ3v) is 3.88. The van der Waals surface area contributed by atoms with Gasteiger partial charge in [0.1, 0.15) is 11.9 Å². The van der Waals surface area contributed by atoms with Gasteiger partial charge in [-0.3, -0.25) is 0 Å². The molecule has 0 fully saturated rings. The van der Waals surface area contributed by atoms with Gasteiger partial charge in [0.2, 0.25) is 12.5 Å². The Hall–Kier alpha value is -1.79. The largest absolute Gasteiger partial charge is 0.493 e. The number of ether oxygens (including phenoxy) is 3. The summed E-state index contributed by atoms with van der Waals surface area (Å²) in [5.41, 5.74) is 0.637. The van der Waals surface area contributed by atoms with Crippen molar-refractivity contribution in [1.82, 2.24) is 0 Å². The van der Waals surface area contributed by atoms with E-state index < -0.39 is 11.9 Å². The minimum atomic E-state index is -1.13. The Bertz CT molecular complexity index is 690. The van der Waals surface area contributed by atoms with E-state index in [4.69, 9.17) is 14.2 Å². The summed E-state index contributed by atoms with van der Waals surface area (Å²) in [6.07, 6.45) is -1.13. The summed E-state index contributed by atoms with van der Waals surface area (Å²) in [7, 11) is 1.49. The van der Waals surface area contributed by atoms with Crippen molar-refractivity contribution < 1.29 is 23.7 Å². The molecule has 0 aliphatic carbocycles. The summed E-state index contributed by atoms with van der Waals surface area (Å²) in [5, 5.41) is 10.4. The van der Waals surface area contributed by atoms with Crippen molar-refractivity contribution in [2.45, 2.75) is 6.10 Å². The lowest BCUT2D eigenvalue weighted by atomic mass is 10.0. The highest BCUT2D eigenvalue weighted by atomic mass is 79.9. The van der Waals surface area contributed by atoms with Gasteiger partial charge in [0.05, 0.1) is 11.6 Å². The van der Waals surface area contributed by atoms with E-state index in [2.05, 4.69) is 15.9 Å². The van der Waals surface area contributed by atoms with E-state index in [1.54, 1.807) is 24.3 Å². The molecule has 1 unspecified atom stereocenters. The number of benzene rings is 2. The van der Waals surface area contributed by atoms with E-state index in [0.29, 0.717) is 27.3 Å². The molecule has 6 heteroatoms. The zero-order chi connectivity index (χ0) is 15.0. The van der Waals surface area contributed by atoms with Crippen LogP contribution in [-0.4, -0.2) is 19.0 Å². The zero-order valence-corrected chi connectivity index (χ0v) is 12.7. The fourth-order valence-corrected chi connectivity index (χ4v) is 2.60. The first-order valence-corrected chi connectivity index (χ1v) is 7.00. The predicted octanol–water partition coefficient (Wildman–Crippen LogP) is 3.41. The second-order valence-electron chi connectivity index (χ2n) is 4.50. The Morgan fingerprint density at radius 2 is 2.14 bits per heavy atom. The smallest absolute Gasteiger partial charge is 0.231 e. The number of aliphatic hydroxyl groups excluding tert-OH is 1. The van der Waals surface area contributed by atoms with Crippen molar-refractivity contribution in [3.8, 4) is 17.2 Å². The average molecular weight is 355 g/mol. The molecule has 1 heterocycles. The van der Waals surface area contributed by atoms with E-state index in [0.717, 1.165) is 0 Å². The number of halogens is 2. The molecule has 0 saturated carbocycles. The molecule has 0 aromatic heterocycles. The first kappa shape index (κ1) is 14.2. The van der Waals surface area contributed by atoms with Crippen LogP contribution in [0.2, 0.25) is 0 Å². The molecule has 4 nitrogen and oxygen atoms in total. The Kier molecular flexibility index (Phi) is 3.73. The minimum Gasteiger partial charge on any atom is -0.493 e. The van der Waals surface area contributed by atoms with E-state index in [-0.39, 0.29) is 12.4 Å². The molecule has 2 aromatic carbocycles. The lowest BCUT2D eigenvalue weighted by Gasteiger charge is -2.15. The summed E-state index contributed by atoms with van der Waals surface area (Å²) in [6.45, 7) is 0.0937. The molecular formula is C15H12BrFO4. The molecule has 1 N–H and O–H groups in total. The number of methoxy groups -OCH3 is 1. The second kappa shape index (κ2) is 5.54. The Balaban J connectivity index is 2.06. The Morgan fingerprint density at radius 3 is 2.90 bits per heavy atom. The molecule has 0 spiro atoms. The van der Waals surface area contributed by atoms with Crippen molar-refractivity contribution >= 4 is 15.9 Å². The minimum absolute atomic E-state index is 0.0937. The molecule has 0 saturated heterocycles. The van der Waals surface area contributed by atoms with Gasteiger partial charge in [-0.2, -0.15) is 0 Å². The van der Waals surface area contributed by atoms with Gasteiger partial charge in [0.25, 0.3) is 0 Å². The molecule has 3 rings (SSSR count). The van der Waals surface area contributed by atoms with Crippen molar-refractivity contribution in [2.75, 3.05) is 13.9 Å². The molecule has 0 radical (unpaired) electrons. The van der Waals surface area contributed by atoms with Crippen molar-refractivity contribution in [1.29, 1.82) is 0 Å². The van der Waals surface area contributed by atoms with Gasteiger partial charge in [-0.1, -0.05) is 12.1 Å². The molecule has 0 amide bonds. The highest BCUT2D eigenvalue weighted by Crippen LogP contribution is 2.44. The fourth-order valence-electron chi connectivity index (χ4n) is 2.22. The first-order valence-electron chi connectivity index (χ1n) is 6.21. The fraction of sp³-hybridized carbons (Fsp3) is 0.200. The lowest BCUT2D eigenvalue weighted by Crippen LogP contribution is -2.03. The maximum atomic E-state index is 14.1. The van der Waals surface area contributed by atoms with Gasteiger partial charge in [-0.05, 0) is 39.7 Å². The molecule has 1 aliphatic heterocycles. The van der Waals surface area contributed by atoms with Crippen molar-refractivity contribution in [2.24, 2.45) is 0 Å². The van der Waals surface area contributed by atoms with E-state index in [9.17, 15) is 9.50 Å². The van der Waals surface area contributed by atoms with Crippen LogP contribution in [0.5, 0.6) is 17.2 Å². The number of hydrogen-bond donors (Lipinski definition) is 1. The molecule has 21 heavy (non-hydrogen) atoms. The number of hydrogen-bond acceptors (Lipinski definition) is 4. The summed E-state index contributed by atoms with van der Waals surface area (Å²) in [4.78, 5) is 0. The summed E-state index contributed by atoms with van der Waals surface area (Å²) in [6, 6.07) is 8.00. The van der Waals surface area contributed by atoms with Crippen LogP contribution in [-0.2, 0) is 0 Å². The van der Waals surface area contributed by atoms with Gasteiger partial charge in [0.15, 0.2) is 11.5 Å². The maximum Gasteiger partial charge on any atom is 0.231 e. The first-order chi connectivity index (χ1) is 10.1. The summed E-state index contributed by atoms with van der Waals surface area (Å²) in [5.74, 6) is 0.901. The molecular weight excluding hydrogens is 343 g/mol. The van der Waals surface area contributed by atoms with Gasteiger partial charge in [-0.15, -0.1) is 0 Å². The number of fused-ring (bicyclic) bond motifs is 1. The lowest BCUT2D eigenvalue weighted by molar-refractivity contribution is 0.171. The average Bonchev–Trinajstić information content (AvgIpc) is 2.96. The van der Waals surface area contributed by atoms with Crippen LogP contribution in [0.1, 0.15) is 17.2 Å². The second-order valence-corrected chi connectivity index (χ2v) is 5.36. The number of rotatable bonds is 3. The molecule has 110 valence electrons. The van der Waals surface area contributed by atoms with Gasteiger partial charge in [-0.25, -0.2) is 4.39 Å².